The van der Waals surface area contributed by atoms with Gasteiger partial charge >= 0.3 is 15.4 Å². The summed E-state index contributed by atoms with van der Waals surface area (Å²) in [6.45, 7) is 14.9. The highest BCUT2D eigenvalue weighted by Gasteiger charge is 2.51. The fourth-order valence-electron chi connectivity index (χ4n) is 15.9. The predicted octanol–water partition coefficient (Wildman–Crippen LogP) is 26.3. The number of carbonyl (C=O) groups excluding carboxylic acids is 1. The third-order valence-electron chi connectivity index (χ3n) is 21.0. The lowest BCUT2D eigenvalue weighted by Gasteiger charge is -2.54. The maximum atomic E-state index is 11.6. The van der Waals surface area contributed by atoms with E-state index < -0.39 is 22.0 Å². The molecule has 12 aromatic carbocycles. The molecule has 8 aliphatic rings. The van der Waals surface area contributed by atoms with Gasteiger partial charge in [0.15, 0.2) is 29.4 Å². The zero-order valence-corrected chi connectivity index (χ0v) is 70.9. The van der Waals surface area contributed by atoms with Crippen molar-refractivity contribution in [1.29, 1.82) is 0 Å². The normalized spacial score (nSPS) is 18.7. The summed E-state index contributed by atoms with van der Waals surface area (Å²) in [4.78, 5) is 19.2. The van der Waals surface area contributed by atoms with Crippen LogP contribution in [0.15, 0.2) is 381 Å². The maximum Gasteiger partial charge on any atom is 0.392 e. The summed E-state index contributed by atoms with van der Waals surface area (Å²) in [7, 11) is -5.48. The number of benzene rings is 12. The van der Waals surface area contributed by atoms with Crippen LogP contribution in [0.3, 0.4) is 0 Å². The second-order valence-corrected chi connectivity index (χ2v) is 36.6. The van der Waals surface area contributed by atoms with Gasteiger partial charge in [-0.15, -0.1) is 0 Å². The van der Waals surface area contributed by atoms with Crippen molar-refractivity contribution < 1.29 is 37.1 Å². The number of rotatable bonds is 9. The van der Waals surface area contributed by atoms with Crippen LogP contribution in [0.5, 0.6) is 0 Å². The van der Waals surface area contributed by atoms with Crippen molar-refractivity contribution in [3.8, 4) is 0 Å². The first-order valence-corrected chi connectivity index (χ1v) is 43.8. The zero-order chi connectivity index (χ0) is 80.7. The smallest absolute Gasteiger partial charge is 0.392 e. The number of carbonyl (C=O) groups is 1. The van der Waals surface area contributed by atoms with Crippen LogP contribution in [0.4, 0.5) is 8.78 Å². The average molecular weight is 1620 g/mol. The number of hydrogen-bond acceptors (Lipinski definition) is 4. The molecule has 8 fully saturated rings. The maximum absolute atomic E-state index is 11.6. The van der Waals surface area contributed by atoms with Crippen LogP contribution in [0.2, 0.25) is 0 Å². The lowest BCUT2D eigenvalue weighted by Crippen LogP contribution is -2.46. The zero-order valence-electron chi connectivity index (χ0n) is 68.5. The Morgan fingerprint density at radius 2 is 0.466 bits per heavy atom. The molecule has 0 unspecified atom stereocenters. The molecule has 0 aliphatic heterocycles. The van der Waals surface area contributed by atoms with Gasteiger partial charge in [0.2, 0.25) is 0 Å². The number of aryl methyl sites for hydroxylation is 8. The Balaban J connectivity index is 0.000000233. The van der Waals surface area contributed by atoms with E-state index in [9.17, 15) is 22.0 Å². The Labute approximate surface area is 703 Å². The molecule has 0 spiro atoms. The van der Waals surface area contributed by atoms with Crippen LogP contribution < -0.4 is 0 Å². The summed E-state index contributed by atoms with van der Waals surface area (Å²) in [6.07, 6.45) is 18.9. The fourth-order valence-corrected chi connectivity index (χ4v) is 20.2. The van der Waals surface area contributed by atoms with Crippen LogP contribution in [-0.4, -0.2) is 50.1 Å². The molecule has 8 aliphatic carbocycles. The number of hydrogen-bond donors (Lipinski definition) is 2. The fraction of sp³-hybridized carbons (Fsp3) is 0.298. The third kappa shape index (κ3) is 34.5. The van der Waals surface area contributed by atoms with Crippen molar-refractivity contribution >= 4 is 46.6 Å². The van der Waals surface area contributed by atoms with Gasteiger partial charge in [0, 0.05) is 13.8 Å². The van der Waals surface area contributed by atoms with E-state index in [0.717, 1.165) is 17.8 Å². The molecule has 0 atom stereocenters. The molecule has 0 heterocycles. The first-order valence-electron chi connectivity index (χ1n) is 39.9. The second-order valence-electron chi connectivity index (χ2n) is 31.0. The molecule has 20 rings (SSSR count). The highest BCUT2D eigenvalue weighted by atomic mass is 32.2. The Morgan fingerprint density at radius 3 is 0.621 bits per heavy atom. The van der Waals surface area contributed by atoms with Crippen LogP contribution >= 0.6 is 0 Å². The summed E-state index contributed by atoms with van der Waals surface area (Å²) >= 11 is 0. The molecule has 12 heteroatoms. The molecule has 6 nitrogen and oxygen atoms in total. The van der Waals surface area contributed by atoms with Gasteiger partial charge in [0.05, 0.1) is 21.8 Å². The van der Waals surface area contributed by atoms with E-state index in [1.807, 2.05) is 109 Å². The molecule has 4 N–H and O–H groups in total. The van der Waals surface area contributed by atoms with E-state index in [4.69, 9.17) is 9.66 Å². The van der Waals surface area contributed by atoms with Crippen LogP contribution in [0.25, 0.3) is 0 Å². The first kappa shape index (κ1) is 97.3. The molecule has 609 valence electrons. The molecule has 12 aromatic rings. The molecule has 116 heavy (non-hydrogen) atoms. The van der Waals surface area contributed by atoms with Crippen molar-refractivity contribution in [2.24, 2.45) is 46.8 Å². The minimum absolute atomic E-state index is 0. The predicted molar refractivity (Wildman–Crippen MR) is 488 cm³/mol. The average Bonchev–Trinajstić information content (AvgIpc) is 0.754. The Morgan fingerprint density at radius 1 is 0.310 bits per heavy atom. The molecular formula is C104H124BF2O6S3+2. The van der Waals surface area contributed by atoms with Crippen LogP contribution in [0, 0.1) is 102 Å². The number of aliphatic hydroxyl groups is 1. The van der Waals surface area contributed by atoms with E-state index >= 15 is 0 Å². The largest absolute Gasteiger partial charge is 0.412 e. The molecule has 8 saturated carbocycles. The lowest BCUT2D eigenvalue weighted by molar-refractivity contribution is -0.130. The van der Waals surface area contributed by atoms with E-state index in [1.54, 1.807) is 38.5 Å². The van der Waals surface area contributed by atoms with Crippen molar-refractivity contribution in [2.75, 3.05) is 6.61 Å². The quantitative estimate of drug-likeness (QED) is 0.0645. The van der Waals surface area contributed by atoms with Gasteiger partial charge in [-0.25, -0.2) is 0 Å². The second kappa shape index (κ2) is 51.8. The van der Waals surface area contributed by atoms with E-state index in [2.05, 4.69) is 298 Å². The number of aldehydes is 1. The van der Waals surface area contributed by atoms with Gasteiger partial charge in [-0.05, 0) is 247 Å². The SMILES string of the molecule is C.C1C2CC3CC1CC(C2)C3.Cc1ccc(C)cc1.Cc1ccc(C)cc1.Cc1ccc([S+](c2ccccc2)c2ccccc2)cc1.Cc1ccc([S+](c2ccccc2)c2ccccc2)cc1.Cc1ccccc1.Cc1ccccc1.O.O=CC12CC3CC(CC(C3)C1)C2.O=S(=O)(O)C(F)(F)CO.[B].c1ccccc1.c1ccccc1. The molecule has 0 saturated heterocycles. The number of aliphatic hydroxyl groups excluding tert-OH is 1. The van der Waals surface area contributed by atoms with Crippen molar-refractivity contribution in [3.05, 3.63) is 396 Å². The highest BCUT2D eigenvalue weighted by molar-refractivity contribution is 7.97. The summed E-state index contributed by atoms with van der Waals surface area (Å²) < 4.78 is 49.8. The standard InChI is InChI=1S/2C19H17S.C11H16O.C10H16.2C8H10.2C7H8.2C6H6.C2H4F2O4S.CH4.B.H2O/c2*1-16-12-14-19(15-13-16)20(17-8-4-2-5-9-17)18-10-6-3-7-11-18;12-7-11-4-8-1-9(5-11)3-10(2-8)6-11;1-7-2-9-4-8(1)5-10(3-7)6-9;2*1-7-3-5-8(2)6-4-7;2*1-7-5-3-2-4-6-7;2*1-2-4-6-5-3-1;3-2(4,1-5)9(6,7)8;;;/h2*2-15H,1H3;7-10H,1-6H2;7-10H,1-6H2;2*3-6H,1-2H3;2*2-6H,1H3;2*1-6H;5H,1H2,(H,6,7,8);1H4;;1H2/q2*+1;;;;;;;;;;;;. The van der Waals surface area contributed by atoms with Crippen LogP contribution in [-0.2, 0) is 36.7 Å². The Hall–Kier alpha value is -9.24. The summed E-state index contributed by atoms with van der Waals surface area (Å²) in [6, 6.07) is 122. The van der Waals surface area contributed by atoms with E-state index in [-0.39, 0.29) is 48.5 Å². The lowest BCUT2D eigenvalue weighted by atomic mass is 9.50. The molecule has 0 amide bonds. The molecule has 3 radical (unpaired) electrons. The van der Waals surface area contributed by atoms with Crippen LogP contribution in [0.1, 0.15) is 129 Å². The minimum Gasteiger partial charge on any atom is -0.412 e. The van der Waals surface area contributed by atoms with Gasteiger partial charge in [0.1, 0.15) is 12.9 Å². The topological polar surface area (TPSA) is 123 Å². The minimum atomic E-state index is -5.44. The number of halogens is 2. The highest BCUT2D eigenvalue weighted by Crippen LogP contribution is 2.59. The third-order valence-corrected chi connectivity index (χ3v) is 26.3. The molecule has 0 aromatic heterocycles. The van der Waals surface area contributed by atoms with E-state index in [0.29, 0.717) is 0 Å². The Bertz CT molecular complexity index is 4130. The van der Waals surface area contributed by atoms with Gasteiger partial charge in [0.25, 0.3) is 0 Å². The monoisotopic (exact) mass is 1610 g/mol. The first-order chi connectivity index (χ1) is 54.6. The van der Waals surface area contributed by atoms with Gasteiger partial charge in [-0.2, -0.15) is 17.2 Å². The Kier molecular flexibility index (Phi) is 43.4. The van der Waals surface area contributed by atoms with E-state index in [1.165, 1.54) is 142 Å². The van der Waals surface area contributed by atoms with Crippen molar-refractivity contribution in [1.82, 2.24) is 0 Å². The molecule has 8 bridgehead atoms. The summed E-state index contributed by atoms with van der Waals surface area (Å²) in [5.41, 5.74) is 10.7. The molecular weight excluding hydrogens is 1490 g/mol. The summed E-state index contributed by atoms with van der Waals surface area (Å²) in [5.74, 6) is 7.46. The van der Waals surface area contributed by atoms with Gasteiger partial charge in [-0.1, -0.05) is 331 Å². The van der Waals surface area contributed by atoms with Crippen molar-refractivity contribution in [2.45, 2.75) is 174 Å². The number of alkyl halides is 2. The van der Waals surface area contributed by atoms with Crippen molar-refractivity contribution in [3.63, 3.8) is 0 Å². The summed E-state index contributed by atoms with van der Waals surface area (Å²) in [5, 5.41) is 3.20. The van der Waals surface area contributed by atoms with Gasteiger partial charge in [-0.3, -0.25) is 4.55 Å². The van der Waals surface area contributed by atoms with Gasteiger partial charge < -0.3 is 15.4 Å².